The maximum absolute atomic E-state index is 12.4. The largest absolute Gasteiger partial charge is 0.465 e. The van der Waals surface area contributed by atoms with E-state index in [0.29, 0.717) is 25.9 Å². The smallest absolute Gasteiger partial charge is 0.305 e. The van der Waals surface area contributed by atoms with E-state index in [4.69, 9.17) is 4.74 Å². The van der Waals surface area contributed by atoms with Gasteiger partial charge in [-0.15, -0.1) is 0 Å². The molecule has 0 radical (unpaired) electrons. The third-order valence-corrected chi connectivity index (χ3v) is 12.7. The molecule has 0 saturated carbocycles. The number of carbonyl (C=O) groups excluding carboxylic acids is 2. The van der Waals surface area contributed by atoms with E-state index in [2.05, 4.69) is 55.6 Å². The minimum Gasteiger partial charge on any atom is -0.465 e. The zero-order valence-electron chi connectivity index (χ0n) is 42.1. The van der Waals surface area contributed by atoms with E-state index in [1.54, 1.807) is 0 Å². The summed E-state index contributed by atoms with van der Waals surface area (Å²) in [6.07, 6.45) is 64.3. The van der Waals surface area contributed by atoms with Crippen LogP contribution in [0.25, 0.3) is 0 Å². The summed E-state index contributed by atoms with van der Waals surface area (Å²) in [6, 6.07) is -0.544. The molecular formula is C57H107NO5. The average Bonchev–Trinajstić information content (AvgIpc) is 3.28. The lowest BCUT2D eigenvalue weighted by Crippen LogP contribution is -2.45. The number of hydrogen-bond donors (Lipinski definition) is 3. The van der Waals surface area contributed by atoms with Gasteiger partial charge in [-0.25, -0.2) is 0 Å². The number of ether oxygens (including phenoxy) is 1. The molecule has 0 aromatic carbocycles. The van der Waals surface area contributed by atoms with Crippen LogP contribution in [-0.2, 0) is 14.3 Å². The molecule has 0 aromatic rings. The SMILES string of the molecule is CCCCCC/C=C\CCCCCCCC(=O)OCC/C=C\C/C=C\CCCCCCCCCCCCCCCCC(=O)NC(CO)C(O)CCCCCCCCCCCCCC. The van der Waals surface area contributed by atoms with Gasteiger partial charge in [0.2, 0.25) is 5.91 Å². The highest BCUT2D eigenvalue weighted by atomic mass is 16.5. The second kappa shape index (κ2) is 52.7. The van der Waals surface area contributed by atoms with Gasteiger partial charge in [-0.05, 0) is 70.6 Å². The first kappa shape index (κ1) is 61.1. The Morgan fingerprint density at radius 1 is 0.444 bits per heavy atom. The van der Waals surface area contributed by atoms with Crippen LogP contribution in [0.2, 0.25) is 0 Å². The maximum Gasteiger partial charge on any atom is 0.305 e. The molecule has 0 aliphatic rings. The van der Waals surface area contributed by atoms with Crippen molar-refractivity contribution in [3.63, 3.8) is 0 Å². The Bertz CT molecular complexity index is 1020. The summed E-state index contributed by atoms with van der Waals surface area (Å²) in [5.74, 6) is -0.0854. The summed E-state index contributed by atoms with van der Waals surface area (Å²) in [5.41, 5.74) is 0. The van der Waals surface area contributed by atoms with E-state index in [-0.39, 0.29) is 18.5 Å². The maximum atomic E-state index is 12.4. The molecule has 0 aliphatic carbocycles. The van der Waals surface area contributed by atoms with E-state index in [9.17, 15) is 19.8 Å². The number of allylic oxidation sites excluding steroid dienone is 5. The molecule has 3 N–H and O–H groups in total. The molecule has 0 aliphatic heterocycles. The molecule has 2 unspecified atom stereocenters. The van der Waals surface area contributed by atoms with Crippen molar-refractivity contribution < 1.29 is 24.5 Å². The lowest BCUT2D eigenvalue weighted by molar-refractivity contribution is -0.143. The molecule has 6 nitrogen and oxygen atoms in total. The Balaban J connectivity index is 3.46. The summed E-state index contributed by atoms with van der Waals surface area (Å²) in [5, 5.41) is 23.2. The van der Waals surface area contributed by atoms with Crippen LogP contribution in [-0.4, -0.2) is 47.4 Å². The highest BCUT2D eigenvalue weighted by Gasteiger charge is 2.20. The van der Waals surface area contributed by atoms with Gasteiger partial charge in [-0.1, -0.05) is 243 Å². The number of aliphatic hydroxyl groups excluding tert-OH is 2. The van der Waals surface area contributed by atoms with Crippen LogP contribution in [0, 0.1) is 0 Å². The Labute approximate surface area is 392 Å². The fourth-order valence-corrected chi connectivity index (χ4v) is 8.41. The van der Waals surface area contributed by atoms with Gasteiger partial charge in [0.15, 0.2) is 0 Å². The van der Waals surface area contributed by atoms with Crippen molar-refractivity contribution >= 4 is 11.9 Å². The van der Waals surface area contributed by atoms with E-state index in [1.807, 2.05) is 0 Å². The number of carbonyl (C=O) groups is 2. The van der Waals surface area contributed by atoms with Crippen molar-refractivity contribution in [2.24, 2.45) is 0 Å². The fraction of sp³-hybridized carbons (Fsp3) is 0.860. The zero-order valence-corrected chi connectivity index (χ0v) is 42.1. The van der Waals surface area contributed by atoms with Crippen molar-refractivity contribution in [3.8, 4) is 0 Å². The molecule has 0 heterocycles. The predicted molar refractivity (Wildman–Crippen MR) is 273 cm³/mol. The third kappa shape index (κ3) is 49.4. The van der Waals surface area contributed by atoms with Crippen LogP contribution in [0.1, 0.15) is 290 Å². The van der Waals surface area contributed by atoms with Crippen molar-refractivity contribution in [1.82, 2.24) is 5.32 Å². The Morgan fingerprint density at radius 2 is 0.794 bits per heavy atom. The molecule has 1 amide bonds. The Morgan fingerprint density at radius 3 is 1.24 bits per heavy atom. The number of amides is 1. The van der Waals surface area contributed by atoms with Gasteiger partial charge in [0.05, 0.1) is 25.4 Å². The third-order valence-electron chi connectivity index (χ3n) is 12.7. The molecule has 0 fully saturated rings. The average molecular weight is 886 g/mol. The van der Waals surface area contributed by atoms with Gasteiger partial charge < -0.3 is 20.3 Å². The van der Waals surface area contributed by atoms with Crippen LogP contribution in [0.15, 0.2) is 36.5 Å². The standard InChI is InChI=1S/C57H107NO5/c1-3-5-7-9-11-13-15-26-31-35-39-43-47-51-57(62)63-52-48-44-40-36-32-28-25-23-21-19-17-18-20-22-24-27-30-34-38-42-46-50-56(61)58-54(53-59)55(60)49-45-41-37-33-29-16-14-12-10-8-6-4-2/h13,15,28,32,40,44,54-55,59-60H,3-12,14,16-27,29-31,33-39,41-43,45-53H2,1-2H3,(H,58,61)/b15-13-,32-28-,44-40-. The van der Waals surface area contributed by atoms with Gasteiger partial charge in [0.1, 0.15) is 0 Å². The first-order valence-electron chi connectivity index (χ1n) is 27.7. The second-order valence-electron chi connectivity index (χ2n) is 18.9. The number of nitrogens with one attached hydrogen (secondary N) is 1. The molecular weight excluding hydrogens is 779 g/mol. The van der Waals surface area contributed by atoms with Crippen LogP contribution in [0.4, 0.5) is 0 Å². The van der Waals surface area contributed by atoms with Crippen molar-refractivity contribution in [1.29, 1.82) is 0 Å². The normalized spacial score (nSPS) is 12.9. The predicted octanol–water partition coefficient (Wildman–Crippen LogP) is 16.9. The van der Waals surface area contributed by atoms with E-state index in [1.165, 1.54) is 205 Å². The van der Waals surface area contributed by atoms with Gasteiger partial charge in [-0.2, -0.15) is 0 Å². The monoisotopic (exact) mass is 886 g/mol. The highest BCUT2D eigenvalue weighted by Crippen LogP contribution is 2.16. The Hall–Kier alpha value is -1.92. The molecule has 0 saturated heterocycles. The topological polar surface area (TPSA) is 95.9 Å². The van der Waals surface area contributed by atoms with Crippen molar-refractivity contribution in [3.05, 3.63) is 36.5 Å². The van der Waals surface area contributed by atoms with E-state index >= 15 is 0 Å². The number of unbranched alkanes of at least 4 members (excludes halogenated alkanes) is 34. The first-order valence-corrected chi connectivity index (χ1v) is 27.7. The number of hydrogen-bond acceptors (Lipinski definition) is 5. The van der Waals surface area contributed by atoms with Crippen molar-refractivity contribution in [2.45, 2.75) is 302 Å². The lowest BCUT2D eigenvalue weighted by Gasteiger charge is -2.22. The van der Waals surface area contributed by atoms with Crippen LogP contribution < -0.4 is 5.32 Å². The lowest BCUT2D eigenvalue weighted by atomic mass is 10.0. The molecule has 0 bridgehead atoms. The van der Waals surface area contributed by atoms with Gasteiger partial charge in [-0.3, -0.25) is 9.59 Å². The summed E-state index contributed by atoms with van der Waals surface area (Å²) >= 11 is 0. The van der Waals surface area contributed by atoms with Gasteiger partial charge in [0, 0.05) is 12.8 Å². The van der Waals surface area contributed by atoms with Crippen LogP contribution in [0.5, 0.6) is 0 Å². The highest BCUT2D eigenvalue weighted by molar-refractivity contribution is 5.76. The molecule has 63 heavy (non-hydrogen) atoms. The number of aliphatic hydroxyl groups is 2. The van der Waals surface area contributed by atoms with E-state index < -0.39 is 12.1 Å². The summed E-state index contributed by atoms with van der Waals surface area (Å²) < 4.78 is 5.40. The zero-order chi connectivity index (χ0) is 45.8. The quantitative estimate of drug-likeness (QED) is 0.0321. The number of rotatable bonds is 51. The second-order valence-corrected chi connectivity index (χ2v) is 18.9. The molecule has 0 spiro atoms. The van der Waals surface area contributed by atoms with Crippen LogP contribution in [0.3, 0.4) is 0 Å². The first-order chi connectivity index (χ1) is 31.0. The minimum atomic E-state index is -0.667. The summed E-state index contributed by atoms with van der Waals surface area (Å²) in [7, 11) is 0. The molecule has 2 atom stereocenters. The summed E-state index contributed by atoms with van der Waals surface area (Å²) in [4.78, 5) is 24.4. The Kier molecular flexibility index (Phi) is 51.1. The molecule has 6 heteroatoms. The fourth-order valence-electron chi connectivity index (χ4n) is 8.41. The molecule has 370 valence electrons. The van der Waals surface area contributed by atoms with Crippen molar-refractivity contribution in [2.75, 3.05) is 13.2 Å². The molecule has 0 aromatic heterocycles. The van der Waals surface area contributed by atoms with E-state index in [0.717, 1.165) is 51.4 Å². The minimum absolute atomic E-state index is 0.0406. The number of esters is 1. The summed E-state index contributed by atoms with van der Waals surface area (Å²) in [6.45, 7) is 4.82. The molecule has 0 rings (SSSR count). The van der Waals surface area contributed by atoms with Gasteiger partial charge >= 0.3 is 5.97 Å². The van der Waals surface area contributed by atoms with Gasteiger partial charge in [0.25, 0.3) is 0 Å². The van der Waals surface area contributed by atoms with Crippen LogP contribution >= 0.6 is 0 Å².